The van der Waals surface area contributed by atoms with Gasteiger partial charge >= 0.3 is 6.03 Å². The third-order valence-corrected chi connectivity index (χ3v) is 6.23. The van der Waals surface area contributed by atoms with Gasteiger partial charge in [0.05, 0.1) is 19.2 Å². The van der Waals surface area contributed by atoms with Crippen LogP contribution < -0.4 is 15.0 Å². The molecule has 8 heteroatoms. The van der Waals surface area contributed by atoms with Crippen LogP contribution in [0.15, 0.2) is 72.1 Å². The number of rotatable bonds is 7. The molecular weight excluding hydrogens is 426 g/mol. The lowest BCUT2D eigenvalue weighted by molar-refractivity contribution is -0.122. The average molecular weight is 450 g/mol. The molecule has 0 aliphatic carbocycles. The van der Waals surface area contributed by atoms with Gasteiger partial charge in [-0.1, -0.05) is 24.3 Å². The maximum absolute atomic E-state index is 13.3. The highest BCUT2D eigenvalue weighted by Gasteiger charge is 2.44. The van der Waals surface area contributed by atoms with Gasteiger partial charge in [-0.15, -0.1) is 11.3 Å². The Labute approximate surface area is 190 Å². The van der Waals surface area contributed by atoms with E-state index in [0.29, 0.717) is 30.1 Å². The Hall–Kier alpha value is -3.65. The van der Waals surface area contributed by atoms with Gasteiger partial charge in [-0.3, -0.25) is 9.59 Å². The van der Waals surface area contributed by atoms with Gasteiger partial charge in [-0.05, 0) is 54.3 Å². The van der Waals surface area contributed by atoms with E-state index in [-0.39, 0.29) is 12.3 Å². The Morgan fingerprint density at radius 2 is 1.84 bits per heavy atom. The van der Waals surface area contributed by atoms with Crippen LogP contribution in [0.5, 0.6) is 5.75 Å². The van der Waals surface area contributed by atoms with E-state index in [4.69, 9.17) is 4.74 Å². The van der Waals surface area contributed by atoms with E-state index in [1.165, 1.54) is 4.90 Å². The smallest absolute Gasteiger partial charge is 0.322 e. The van der Waals surface area contributed by atoms with E-state index in [1.807, 2.05) is 35.7 Å². The molecule has 2 aromatic carbocycles. The van der Waals surface area contributed by atoms with E-state index in [9.17, 15) is 14.4 Å². The summed E-state index contributed by atoms with van der Waals surface area (Å²) in [6.07, 6.45) is 0.540. The molecule has 0 spiro atoms. The molecule has 0 bridgehead atoms. The van der Waals surface area contributed by atoms with Gasteiger partial charge in [0.2, 0.25) is 5.91 Å². The summed E-state index contributed by atoms with van der Waals surface area (Å²) < 4.78 is 5.15. The molecule has 1 saturated heterocycles. The van der Waals surface area contributed by atoms with Gasteiger partial charge in [-0.2, -0.15) is 0 Å². The van der Waals surface area contributed by atoms with Crippen molar-refractivity contribution in [3.63, 3.8) is 0 Å². The number of nitrogens with one attached hydrogen (secondary N) is 1. The standard InChI is InChI=1S/C24H23N3O4S/c1-31-19-11-9-18(10-12-19)27-22(28)16-21(23(27)29)26(14-13-20-8-5-15-32-20)24(30)25-17-6-3-2-4-7-17/h2-12,15,21H,13-14,16H2,1H3,(H,25,30)/t21-/m1/s1. The zero-order valence-electron chi connectivity index (χ0n) is 17.6. The number of carbonyl (C=O) groups is 3. The number of anilines is 2. The molecule has 2 heterocycles. The van der Waals surface area contributed by atoms with Gasteiger partial charge in [0.1, 0.15) is 11.8 Å². The van der Waals surface area contributed by atoms with E-state index in [0.717, 1.165) is 9.78 Å². The zero-order chi connectivity index (χ0) is 22.5. The van der Waals surface area contributed by atoms with Crippen LogP contribution in [-0.2, 0) is 16.0 Å². The molecule has 0 radical (unpaired) electrons. The monoisotopic (exact) mass is 449 g/mol. The topological polar surface area (TPSA) is 79.0 Å². The highest BCUT2D eigenvalue weighted by atomic mass is 32.1. The number of ether oxygens (including phenoxy) is 1. The van der Waals surface area contributed by atoms with Crippen LogP contribution in [0.25, 0.3) is 0 Å². The second-order valence-electron chi connectivity index (χ2n) is 7.30. The van der Waals surface area contributed by atoms with Crippen LogP contribution in [0.3, 0.4) is 0 Å². The molecule has 32 heavy (non-hydrogen) atoms. The lowest BCUT2D eigenvalue weighted by Gasteiger charge is -2.27. The Morgan fingerprint density at radius 1 is 1.09 bits per heavy atom. The fourth-order valence-electron chi connectivity index (χ4n) is 3.66. The lowest BCUT2D eigenvalue weighted by Crippen LogP contribution is -2.48. The van der Waals surface area contributed by atoms with Crippen molar-refractivity contribution in [1.29, 1.82) is 0 Å². The van der Waals surface area contributed by atoms with Crippen molar-refractivity contribution < 1.29 is 19.1 Å². The normalized spacial score (nSPS) is 15.7. The van der Waals surface area contributed by atoms with Crippen LogP contribution in [-0.4, -0.2) is 42.4 Å². The van der Waals surface area contributed by atoms with Crippen LogP contribution in [0, 0.1) is 0 Å². The molecule has 1 aliphatic rings. The third-order valence-electron chi connectivity index (χ3n) is 5.29. The average Bonchev–Trinajstić information content (AvgIpc) is 3.43. The van der Waals surface area contributed by atoms with E-state index >= 15 is 0 Å². The number of nitrogens with zero attached hydrogens (tertiary/aromatic N) is 2. The minimum atomic E-state index is -0.867. The molecular formula is C24H23N3O4S. The Balaban J connectivity index is 1.56. The number of urea groups is 1. The molecule has 4 amide bonds. The summed E-state index contributed by atoms with van der Waals surface area (Å²) in [7, 11) is 1.55. The van der Waals surface area contributed by atoms with Gasteiger partial charge in [0, 0.05) is 17.1 Å². The molecule has 4 rings (SSSR count). The fraction of sp³-hybridized carbons (Fsp3) is 0.208. The number of amides is 4. The number of benzene rings is 2. The molecule has 1 fully saturated rings. The highest BCUT2D eigenvalue weighted by Crippen LogP contribution is 2.28. The first-order chi connectivity index (χ1) is 15.6. The maximum atomic E-state index is 13.3. The van der Waals surface area contributed by atoms with Crippen molar-refractivity contribution in [2.75, 3.05) is 23.9 Å². The predicted molar refractivity (Wildman–Crippen MR) is 124 cm³/mol. The summed E-state index contributed by atoms with van der Waals surface area (Å²) in [6, 6.07) is 18.4. The summed E-state index contributed by atoms with van der Waals surface area (Å²) in [6.45, 7) is 0.319. The van der Waals surface area contributed by atoms with E-state index in [1.54, 1.807) is 54.8 Å². The maximum Gasteiger partial charge on any atom is 0.322 e. The van der Waals surface area contributed by atoms with Gasteiger partial charge in [-0.25, -0.2) is 9.69 Å². The summed E-state index contributed by atoms with van der Waals surface area (Å²) >= 11 is 1.59. The zero-order valence-corrected chi connectivity index (χ0v) is 18.4. The van der Waals surface area contributed by atoms with Crippen molar-refractivity contribution in [3.8, 4) is 5.75 Å². The number of carbonyl (C=O) groups excluding carboxylic acids is 3. The molecule has 0 saturated carbocycles. The lowest BCUT2D eigenvalue weighted by atomic mass is 10.2. The second-order valence-corrected chi connectivity index (χ2v) is 8.34. The number of imide groups is 1. The largest absolute Gasteiger partial charge is 0.497 e. The molecule has 1 atom stereocenters. The van der Waals surface area contributed by atoms with Crippen molar-refractivity contribution >= 4 is 40.6 Å². The van der Waals surface area contributed by atoms with Crippen LogP contribution in [0.1, 0.15) is 11.3 Å². The first kappa shape index (κ1) is 21.6. The summed E-state index contributed by atoms with van der Waals surface area (Å²) in [5, 5.41) is 4.82. The van der Waals surface area contributed by atoms with Crippen molar-refractivity contribution in [2.24, 2.45) is 0 Å². The number of hydrogen-bond acceptors (Lipinski definition) is 5. The van der Waals surface area contributed by atoms with Gasteiger partial charge < -0.3 is 15.0 Å². The molecule has 3 aromatic rings. The fourth-order valence-corrected chi connectivity index (χ4v) is 4.36. The molecule has 0 unspecified atom stereocenters. The Morgan fingerprint density at radius 3 is 2.50 bits per heavy atom. The molecule has 1 aliphatic heterocycles. The number of para-hydroxylation sites is 1. The second kappa shape index (κ2) is 9.65. The van der Waals surface area contributed by atoms with Gasteiger partial charge in [0.25, 0.3) is 5.91 Å². The summed E-state index contributed by atoms with van der Waals surface area (Å²) in [5.74, 6) is -0.113. The Bertz CT molecular complexity index is 1080. The molecule has 164 valence electrons. The SMILES string of the molecule is COc1ccc(N2C(=O)C[C@@H](N(CCc3cccs3)C(=O)Nc3ccccc3)C2=O)cc1. The number of methoxy groups -OCH3 is 1. The summed E-state index contributed by atoms with van der Waals surface area (Å²) in [5.41, 5.74) is 1.09. The van der Waals surface area contributed by atoms with Crippen LogP contribution >= 0.6 is 11.3 Å². The minimum Gasteiger partial charge on any atom is -0.497 e. The quantitative estimate of drug-likeness (QED) is 0.549. The van der Waals surface area contributed by atoms with Crippen LogP contribution in [0.2, 0.25) is 0 Å². The first-order valence-corrected chi connectivity index (χ1v) is 11.1. The van der Waals surface area contributed by atoms with E-state index in [2.05, 4.69) is 5.32 Å². The Kier molecular flexibility index (Phi) is 6.51. The van der Waals surface area contributed by atoms with Crippen molar-refractivity contribution in [1.82, 2.24) is 4.90 Å². The third kappa shape index (κ3) is 4.65. The molecule has 1 N–H and O–H groups in total. The summed E-state index contributed by atoms with van der Waals surface area (Å²) in [4.78, 5) is 43.0. The van der Waals surface area contributed by atoms with Crippen molar-refractivity contribution in [2.45, 2.75) is 18.9 Å². The number of thiophene rings is 1. The first-order valence-electron chi connectivity index (χ1n) is 10.2. The minimum absolute atomic E-state index is 0.0580. The van der Waals surface area contributed by atoms with E-state index < -0.39 is 18.0 Å². The van der Waals surface area contributed by atoms with Crippen LogP contribution in [0.4, 0.5) is 16.2 Å². The van der Waals surface area contributed by atoms with Gasteiger partial charge in [0.15, 0.2) is 0 Å². The predicted octanol–water partition coefficient (Wildman–Crippen LogP) is 4.17. The molecule has 1 aromatic heterocycles. The highest BCUT2D eigenvalue weighted by molar-refractivity contribution is 7.09. The molecule has 7 nitrogen and oxygen atoms in total. The number of hydrogen-bond donors (Lipinski definition) is 1. The van der Waals surface area contributed by atoms with Crippen molar-refractivity contribution in [3.05, 3.63) is 77.0 Å².